The Bertz CT molecular complexity index is 988. The van der Waals surface area contributed by atoms with Gasteiger partial charge in [0.15, 0.2) is 16.3 Å². The van der Waals surface area contributed by atoms with Crippen molar-refractivity contribution in [2.75, 3.05) is 28.4 Å². The zero-order valence-corrected chi connectivity index (χ0v) is 17.1. The van der Waals surface area contributed by atoms with E-state index in [1.54, 1.807) is 28.4 Å². The fraction of sp³-hybridized carbons (Fsp3) is 0.300. The summed E-state index contributed by atoms with van der Waals surface area (Å²) in [7, 11) is 6.44. The van der Waals surface area contributed by atoms with Crippen LogP contribution < -0.4 is 18.9 Å². The highest BCUT2D eigenvalue weighted by atomic mass is 32.1. The summed E-state index contributed by atoms with van der Waals surface area (Å²) in [6.45, 7) is 0. The van der Waals surface area contributed by atoms with Crippen molar-refractivity contribution >= 4 is 12.2 Å². The maximum Gasteiger partial charge on any atom is 0.203 e. The number of para-hydroxylation sites is 2. The number of nitrogens with zero attached hydrogens (tertiary/aromatic N) is 2. The van der Waals surface area contributed by atoms with Gasteiger partial charge in [0, 0.05) is 6.42 Å². The molecule has 0 amide bonds. The SMILES string of the molecule is COc1ccccc1-n1c(CCc2cc(OC)c(OC)c(OC)c2)n[nH]c1=S. The average Bonchev–Trinajstić information content (AvgIpc) is 3.11. The van der Waals surface area contributed by atoms with E-state index in [-0.39, 0.29) is 0 Å². The number of hydrogen-bond donors (Lipinski definition) is 1. The van der Waals surface area contributed by atoms with E-state index in [1.165, 1.54) is 0 Å². The van der Waals surface area contributed by atoms with Crippen LogP contribution in [0.1, 0.15) is 11.4 Å². The van der Waals surface area contributed by atoms with Gasteiger partial charge in [-0.2, -0.15) is 5.10 Å². The first-order chi connectivity index (χ1) is 13.6. The van der Waals surface area contributed by atoms with Crippen LogP contribution in [0, 0.1) is 4.77 Å². The lowest BCUT2D eigenvalue weighted by Gasteiger charge is -2.14. The molecule has 0 atom stereocenters. The third-order valence-corrected chi connectivity index (χ3v) is 4.70. The molecule has 1 N–H and O–H groups in total. The first kappa shape index (κ1) is 19.8. The molecule has 1 aromatic heterocycles. The Morgan fingerprint density at radius 3 is 2.14 bits per heavy atom. The highest BCUT2D eigenvalue weighted by Gasteiger charge is 2.16. The van der Waals surface area contributed by atoms with Gasteiger partial charge in [-0.15, -0.1) is 0 Å². The van der Waals surface area contributed by atoms with Crippen molar-refractivity contribution in [1.82, 2.24) is 14.8 Å². The van der Waals surface area contributed by atoms with Crippen LogP contribution in [0.4, 0.5) is 0 Å². The lowest BCUT2D eigenvalue weighted by atomic mass is 10.1. The maximum absolute atomic E-state index is 5.47. The fourth-order valence-corrected chi connectivity index (χ4v) is 3.35. The van der Waals surface area contributed by atoms with Crippen molar-refractivity contribution in [3.8, 4) is 28.7 Å². The second-order valence-electron chi connectivity index (χ2n) is 5.99. The Hall–Kier alpha value is -3.00. The Morgan fingerprint density at radius 2 is 1.54 bits per heavy atom. The molecule has 2 aromatic carbocycles. The molecule has 0 saturated heterocycles. The minimum atomic E-state index is 0.518. The number of methoxy groups -OCH3 is 4. The normalized spacial score (nSPS) is 10.6. The lowest BCUT2D eigenvalue weighted by Crippen LogP contribution is -2.05. The summed E-state index contributed by atoms with van der Waals surface area (Å²) < 4.78 is 24.1. The van der Waals surface area contributed by atoms with Crippen LogP contribution in [-0.2, 0) is 12.8 Å². The topological polar surface area (TPSA) is 70.5 Å². The monoisotopic (exact) mass is 401 g/mol. The van der Waals surface area contributed by atoms with Gasteiger partial charge in [-0.1, -0.05) is 12.1 Å². The van der Waals surface area contributed by atoms with Crippen molar-refractivity contribution in [3.63, 3.8) is 0 Å². The molecule has 0 spiro atoms. The van der Waals surface area contributed by atoms with E-state index >= 15 is 0 Å². The third kappa shape index (κ3) is 3.82. The molecule has 0 saturated carbocycles. The van der Waals surface area contributed by atoms with Crippen molar-refractivity contribution < 1.29 is 18.9 Å². The number of hydrogen-bond acceptors (Lipinski definition) is 6. The van der Waals surface area contributed by atoms with E-state index in [9.17, 15) is 0 Å². The largest absolute Gasteiger partial charge is 0.495 e. The standard InChI is InChI=1S/C20H23N3O4S/c1-24-15-8-6-5-7-14(15)23-18(21-22-20(23)28)10-9-13-11-16(25-2)19(27-4)17(12-13)26-3/h5-8,11-12H,9-10H2,1-4H3,(H,22,28). The molecule has 3 rings (SSSR count). The Labute approximate surface area is 168 Å². The number of benzene rings is 2. The molecule has 0 aliphatic heterocycles. The molecule has 7 nitrogen and oxygen atoms in total. The summed E-state index contributed by atoms with van der Waals surface area (Å²) >= 11 is 5.44. The second-order valence-corrected chi connectivity index (χ2v) is 6.37. The van der Waals surface area contributed by atoms with E-state index < -0.39 is 0 Å². The summed E-state index contributed by atoms with van der Waals surface area (Å²) in [5.41, 5.74) is 1.89. The van der Waals surface area contributed by atoms with Crippen molar-refractivity contribution in [2.45, 2.75) is 12.8 Å². The Kier molecular flexibility index (Phi) is 6.20. The first-order valence-corrected chi connectivity index (χ1v) is 9.12. The van der Waals surface area contributed by atoms with Crippen molar-refractivity contribution in [3.05, 3.63) is 52.6 Å². The van der Waals surface area contributed by atoms with Crippen LogP contribution in [0.3, 0.4) is 0 Å². The number of aromatic nitrogens is 3. The Balaban J connectivity index is 1.92. The molecule has 148 valence electrons. The van der Waals surface area contributed by atoms with Gasteiger partial charge in [0.05, 0.1) is 34.1 Å². The summed E-state index contributed by atoms with van der Waals surface area (Å²) in [6.07, 6.45) is 1.37. The highest BCUT2D eigenvalue weighted by molar-refractivity contribution is 7.71. The predicted molar refractivity (Wildman–Crippen MR) is 109 cm³/mol. The Morgan fingerprint density at radius 1 is 0.893 bits per heavy atom. The minimum absolute atomic E-state index is 0.518. The van der Waals surface area contributed by atoms with Crippen LogP contribution in [-0.4, -0.2) is 43.2 Å². The molecule has 28 heavy (non-hydrogen) atoms. The van der Waals surface area contributed by atoms with Crippen LogP contribution >= 0.6 is 12.2 Å². The van der Waals surface area contributed by atoms with Gasteiger partial charge >= 0.3 is 0 Å². The van der Waals surface area contributed by atoms with Crippen molar-refractivity contribution in [1.29, 1.82) is 0 Å². The van der Waals surface area contributed by atoms with Gasteiger partial charge in [0.25, 0.3) is 0 Å². The molecule has 8 heteroatoms. The number of aromatic amines is 1. The average molecular weight is 401 g/mol. The molecule has 1 heterocycles. The minimum Gasteiger partial charge on any atom is -0.495 e. The van der Waals surface area contributed by atoms with Gasteiger partial charge in [0.1, 0.15) is 11.6 Å². The molecule has 0 aliphatic rings. The molecule has 0 aliphatic carbocycles. The van der Waals surface area contributed by atoms with E-state index in [2.05, 4.69) is 10.2 Å². The highest BCUT2D eigenvalue weighted by Crippen LogP contribution is 2.38. The van der Waals surface area contributed by atoms with Gasteiger partial charge in [-0.3, -0.25) is 9.67 Å². The van der Waals surface area contributed by atoms with E-state index in [1.807, 2.05) is 41.0 Å². The summed E-state index contributed by atoms with van der Waals surface area (Å²) in [5.74, 6) is 3.36. The van der Waals surface area contributed by atoms with E-state index in [4.69, 9.17) is 31.2 Å². The number of nitrogens with one attached hydrogen (secondary N) is 1. The maximum atomic E-state index is 5.47. The zero-order chi connectivity index (χ0) is 20.1. The molecular weight excluding hydrogens is 378 g/mol. The number of ether oxygens (including phenoxy) is 4. The zero-order valence-electron chi connectivity index (χ0n) is 16.3. The fourth-order valence-electron chi connectivity index (χ4n) is 3.10. The predicted octanol–water partition coefficient (Wildman–Crippen LogP) is 3.75. The van der Waals surface area contributed by atoms with Crippen molar-refractivity contribution in [2.24, 2.45) is 0 Å². The van der Waals surface area contributed by atoms with Crippen LogP contribution in [0.5, 0.6) is 23.0 Å². The molecule has 0 fully saturated rings. The smallest absolute Gasteiger partial charge is 0.203 e. The van der Waals surface area contributed by atoms with E-state index in [0.29, 0.717) is 34.9 Å². The molecule has 0 bridgehead atoms. The van der Waals surface area contributed by atoms with Gasteiger partial charge in [-0.25, -0.2) is 0 Å². The van der Waals surface area contributed by atoms with E-state index in [0.717, 1.165) is 22.8 Å². The molecular formula is C20H23N3O4S. The van der Waals surface area contributed by atoms with Gasteiger partial charge in [0.2, 0.25) is 5.75 Å². The lowest BCUT2D eigenvalue weighted by molar-refractivity contribution is 0.324. The van der Waals surface area contributed by atoms with Crippen LogP contribution in [0.15, 0.2) is 36.4 Å². The van der Waals surface area contributed by atoms with Gasteiger partial charge < -0.3 is 18.9 Å². The summed E-state index contributed by atoms with van der Waals surface area (Å²) in [6, 6.07) is 11.6. The number of H-pyrrole nitrogens is 1. The van der Waals surface area contributed by atoms with Crippen LogP contribution in [0.25, 0.3) is 5.69 Å². The molecule has 3 aromatic rings. The summed E-state index contributed by atoms with van der Waals surface area (Å²) in [5, 5.41) is 7.28. The third-order valence-electron chi connectivity index (χ3n) is 4.43. The van der Waals surface area contributed by atoms with Gasteiger partial charge in [-0.05, 0) is 48.5 Å². The quantitative estimate of drug-likeness (QED) is 0.580. The number of aryl methyl sites for hydroxylation is 2. The molecule has 0 radical (unpaired) electrons. The second kappa shape index (κ2) is 8.79. The molecule has 0 unspecified atom stereocenters. The number of rotatable bonds is 8. The first-order valence-electron chi connectivity index (χ1n) is 8.71. The van der Waals surface area contributed by atoms with Crippen LogP contribution in [0.2, 0.25) is 0 Å². The summed E-state index contributed by atoms with van der Waals surface area (Å²) in [4.78, 5) is 0.